The van der Waals surface area contributed by atoms with Crippen LogP contribution >= 0.6 is 0 Å². The van der Waals surface area contributed by atoms with E-state index in [0.717, 1.165) is 0 Å². The molecule has 0 aromatic heterocycles. The molecule has 0 saturated carbocycles. The topological polar surface area (TPSA) is 20.2 Å². The van der Waals surface area contributed by atoms with Crippen molar-refractivity contribution in [1.82, 2.24) is 0 Å². The van der Waals surface area contributed by atoms with Crippen molar-refractivity contribution >= 4 is 0 Å². The molecule has 0 radical (unpaired) electrons. The molecule has 0 saturated heterocycles. The van der Waals surface area contributed by atoms with Gasteiger partial charge in [0.2, 0.25) is 0 Å². The summed E-state index contributed by atoms with van der Waals surface area (Å²) in [5, 5.41) is 7.58. The number of hydrogen-bond acceptors (Lipinski definition) is 1. The molecule has 0 heterocycles. The zero-order valence-corrected chi connectivity index (χ0v) is 13.1. The highest BCUT2D eigenvalue weighted by Gasteiger charge is 2.97. The van der Waals surface area contributed by atoms with Gasteiger partial charge in [0.05, 0.1) is 0 Å². The van der Waals surface area contributed by atoms with Gasteiger partial charge >= 0.3 is 53.6 Å². The van der Waals surface area contributed by atoms with Gasteiger partial charge in [0.15, 0.2) is 0 Å². The molecule has 0 spiro atoms. The molecule has 31 heavy (non-hydrogen) atoms. The molecule has 1 unspecified atom stereocenters. The van der Waals surface area contributed by atoms with Crippen LogP contribution in [0.2, 0.25) is 0 Å². The van der Waals surface area contributed by atoms with Gasteiger partial charge in [-0.3, -0.25) is 0 Å². The van der Waals surface area contributed by atoms with Gasteiger partial charge in [-0.1, -0.05) is 0 Å². The fourth-order valence-corrected chi connectivity index (χ4v) is 1.52. The maximum absolute atomic E-state index is 13.1. The maximum atomic E-state index is 13.1. The molecule has 0 aromatic carbocycles. The minimum atomic E-state index is -9.07. The molecular formula is C10H2F20O. The highest BCUT2D eigenvalue weighted by molar-refractivity contribution is 5.16. The van der Waals surface area contributed by atoms with Crippen LogP contribution in [-0.2, 0) is 0 Å². The van der Waals surface area contributed by atoms with Crippen LogP contribution in [0.3, 0.4) is 0 Å². The summed E-state index contributed by atoms with van der Waals surface area (Å²) < 4.78 is 253. The zero-order valence-electron chi connectivity index (χ0n) is 13.1. The number of alkyl halides is 20. The lowest BCUT2D eigenvalue weighted by molar-refractivity contribution is -0.472. The van der Waals surface area contributed by atoms with Gasteiger partial charge in [0.1, 0.15) is 0 Å². The van der Waals surface area contributed by atoms with Crippen LogP contribution in [0.4, 0.5) is 87.8 Å². The van der Waals surface area contributed by atoms with E-state index in [4.69, 9.17) is 5.11 Å². The van der Waals surface area contributed by atoms with Gasteiger partial charge in [-0.2, -0.15) is 83.4 Å². The fourth-order valence-electron chi connectivity index (χ4n) is 1.52. The fraction of sp³-hybridized carbons (Fsp3) is 1.00. The van der Waals surface area contributed by atoms with Crippen molar-refractivity contribution in [3.05, 3.63) is 0 Å². The second-order valence-corrected chi connectivity index (χ2v) is 5.48. The second kappa shape index (κ2) is 7.03. The smallest absolute Gasteiger partial charge is 0.359 e. The predicted molar refractivity (Wildman–Crippen MR) is 52.7 cm³/mol. The lowest BCUT2D eigenvalue weighted by Gasteiger charge is -2.43. The highest BCUT2D eigenvalue weighted by atomic mass is 19.4. The summed E-state index contributed by atoms with van der Waals surface area (Å²) in [6.45, 7) is 0. The molecule has 1 N–H and O–H groups in total. The Bertz CT molecular complexity index is 655. The number of halogens is 20. The minimum absolute atomic E-state index is 5.62. The summed E-state index contributed by atoms with van der Waals surface area (Å²) >= 11 is 0. The lowest BCUT2D eigenvalue weighted by Crippen LogP contribution is -2.76. The van der Waals surface area contributed by atoms with Crippen LogP contribution in [0.15, 0.2) is 0 Å². The van der Waals surface area contributed by atoms with E-state index >= 15 is 0 Å². The Balaban J connectivity index is 6.91. The molecule has 0 aliphatic heterocycles. The SMILES string of the molecule is OC(F)C(F)(F)C(F)(F)C(F)(F)C(F)(F)C(F)(F)C(F)(F)C(F)(F)C(F)(F)C(F)(F)F. The van der Waals surface area contributed by atoms with Crippen LogP contribution in [0.5, 0.6) is 0 Å². The van der Waals surface area contributed by atoms with Crippen molar-refractivity contribution in [3.63, 3.8) is 0 Å². The molecule has 0 aromatic rings. The standard InChI is InChI=1S/C10H2F20O/c11-1(31)2(12,13)3(14,15)4(16,17)5(18,19)6(20,21)7(22,23)8(24,25)9(26,27)10(28,29)30/h1,31H. The van der Waals surface area contributed by atoms with Crippen molar-refractivity contribution in [2.75, 3.05) is 0 Å². The van der Waals surface area contributed by atoms with Crippen LogP contribution in [0, 0.1) is 0 Å². The van der Waals surface area contributed by atoms with Crippen molar-refractivity contribution in [2.24, 2.45) is 0 Å². The lowest BCUT2D eigenvalue weighted by atomic mass is 9.87. The Hall–Kier alpha value is -1.44. The molecule has 1 nitrogen and oxygen atoms in total. The summed E-state index contributed by atoms with van der Waals surface area (Å²) in [5.41, 5.74) is 0. The molecule has 0 aliphatic rings. The first-order chi connectivity index (χ1) is 12.9. The molecule has 0 bridgehead atoms. The molecule has 1 atom stereocenters. The van der Waals surface area contributed by atoms with Gasteiger partial charge in [0, 0.05) is 0 Å². The van der Waals surface area contributed by atoms with Crippen molar-refractivity contribution in [3.8, 4) is 0 Å². The van der Waals surface area contributed by atoms with Crippen molar-refractivity contribution in [2.45, 2.75) is 59.9 Å². The van der Waals surface area contributed by atoms with E-state index in [1.807, 2.05) is 0 Å². The average Bonchev–Trinajstić information content (AvgIpc) is 2.52. The first-order valence-electron chi connectivity index (χ1n) is 6.36. The molecule has 188 valence electrons. The normalized spacial score (nSPS) is 17.7. The molecule has 0 aliphatic carbocycles. The number of aliphatic hydroxyl groups is 1. The van der Waals surface area contributed by atoms with Crippen LogP contribution in [-0.4, -0.2) is 65.0 Å². The van der Waals surface area contributed by atoms with E-state index in [2.05, 4.69) is 0 Å². The number of hydrogen-bond donors (Lipinski definition) is 1. The summed E-state index contributed by atoms with van der Waals surface area (Å²) in [6, 6.07) is 0. The minimum Gasteiger partial charge on any atom is -0.359 e. The van der Waals surface area contributed by atoms with E-state index in [1.54, 1.807) is 0 Å². The quantitative estimate of drug-likeness (QED) is 0.396. The number of aliphatic hydroxyl groups excluding tert-OH is 1. The first kappa shape index (κ1) is 29.6. The summed E-state index contributed by atoms with van der Waals surface area (Å²) in [6.07, 6.45) is -13.6. The summed E-state index contributed by atoms with van der Waals surface area (Å²) in [7, 11) is 0. The summed E-state index contributed by atoms with van der Waals surface area (Å²) in [4.78, 5) is 0. The third-order valence-corrected chi connectivity index (χ3v) is 3.44. The Morgan fingerprint density at radius 1 is 0.355 bits per heavy atom. The van der Waals surface area contributed by atoms with E-state index in [1.165, 1.54) is 0 Å². The van der Waals surface area contributed by atoms with Gasteiger partial charge in [0.25, 0.3) is 6.36 Å². The maximum Gasteiger partial charge on any atom is 0.460 e. The molecule has 0 fully saturated rings. The van der Waals surface area contributed by atoms with Gasteiger partial charge < -0.3 is 5.11 Å². The van der Waals surface area contributed by atoms with Gasteiger partial charge in [-0.15, -0.1) is 0 Å². The Labute approximate surface area is 154 Å². The van der Waals surface area contributed by atoms with Gasteiger partial charge in [-0.25, -0.2) is 4.39 Å². The molecule has 21 heteroatoms. The zero-order chi connectivity index (χ0) is 26.1. The first-order valence-corrected chi connectivity index (χ1v) is 6.36. The van der Waals surface area contributed by atoms with E-state index in [9.17, 15) is 87.8 Å². The third kappa shape index (κ3) is 3.44. The van der Waals surface area contributed by atoms with E-state index in [-0.39, 0.29) is 0 Å². The van der Waals surface area contributed by atoms with Crippen molar-refractivity contribution in [1.29, 1.82) is 0 Å². The second-order valence-electron chi connectivity index (χ2n) is 5.48. The Morgan fingerprint density at radius 2 is 0.548 bits per heavy atom. The van der Waals surface area contributed by atoms with Crippen LogP contribution in [0.1, 0.15) is 0 Å². The van der Waals surface area contributed by atoms with Gasteiger partial charge in [-0.05, 0) is 0 Å². The largest absolute Gasteiger partial charge is 0.460 e. The predicted octanol–water partition coefficient (Wildman–Crippen LogP) is 5.92. The van der Waals surface area contributed by atoms with E-state index < -0.39 is 59.9 Å². The number of rotatable bonds is 8. The van der Waals surface area contributed by atoms with E-state index in [0.29, 0.717) is 0 Å². The molecular weight excluding hydrogens is 516 g/mol. The molecule has 0 amide bonds. The third-order valence-electron chi connectivity index (χ3n) is 3.44. The van der Waals surface area contributed by atoms with Crippen molar-refractivity contribution < 1.29 is 92.9 Å². The Kier molecular flexibility index (Phi) is 6.70. The van der Waals surface area contributed by atoms with Crippen LogP contribution in [0.25, 0.3) is 0 Å². The molecule has 0 rings (SSSR count). The summed E-state index contributed by atoms with van der Waals surface area (Å²) in [5.74, 6) is -68.9. The average molecular weight is 518 g/mol. The van der Waals surface area contributed by atoms with Crippen LogP contribution < -0.4 is 0 Å². The monoisotopic (exact) mass is 518 g/mol. The highest BCUT2D eigenvalue weighted by Crippen LogP contribution is 2.65. The Morgan fingerprint density at radius 3 is 0.742 bits per heavy atom.